The van der Waals surface area contributed by atoms with Gasteiger partial charge in [0.2, 0.25) is 0 Å². The van der Waals surface area contributed by atoms with Gasteiger partial charge in [0, 0.05) is 22.8 Å². The van der Waals surface area contributed by atoms with Crippen molar-refractivity contribution in [3.05, 3.63) is 57.5 Å². The molecule has 0 unspecified atom stereocenters. The second-order valence-corrected chi connectivity index (χ2v) is 4.84. The van der Waals surface area contributed by atoms with Crippen molar-refractivity contribution in [1.29, 1.82) is 0 Å². The number of rotatable bonds is 3. The lowest BCUT2D eigenvalue weighted by molar-refractivity contribution is 0.469. The number of phenols is 1. The normalized spacial score (nSPS) is 10.8. The minimum Gasteiger partial charge on any atom is -0.508 e. The van der Waals surface area contributed by atoms with Gasteiger partial charge in [-0.05, 0) is 30.3 Å². The zero-order valence-electron chi connectivity index (χ0n) is 10.4. The summed E-state index contributed by atoms with van der Waals surface area (Å²) < 4.78 is 0. The summed E-state index contributed by atoms with van der Waals surface area (Å²) in [4.78, 5) is 16.6. The Morgan fingerprint density at radius 2 is 1.95 bits per heavy atom. The Balaban J connectivity index is 1.84. The lowest BCUT2D eigenvalue weighted by atomic mass is 10.2. The highest BCUT2D eigenvalue weighted by Gasteiger charge is 2.06. The summed E-state index contributed by atoms with van der Waals surface area (Å²) in [5.74, 6) is 0.154. The molecule has 0 amide bonds. The largest absolute Gasteiger partial charge is 0.508 e. The van der Waals surface area contributed by atoms with Gasteiger partial charge in [-0.1, -0.05) is 17.7 Å². The molecular weight excluding hydrogens is 278 g/mol. The quantitative estimate of drug-likeness (QED) is 0.598. The summed E-state index contributed by atoms with van der Waals surface area (Å²) >= 11 is 6.04. The molecule has 0 aliphatic rings. The fourth-order valence-electron chi connectivity index (χ4n) is 2.06. The second kappa shape index (κ2) is 4.94. The average molecular weight is 290 g/mol. The number of nitrogens with one attached hydrogen (secondary N) is 3. The van der Waals surface area contributed by atoms with Crippen LogP contribution >= 0.6 is 11.6 Å². The molecule has 0 fully saturated rings. The number of aromatic amines is 2. The number of hydrogen-bond acceptors (Lipinski definition) is 3. The standard InChI is InChI=1S/C14H12ClN3O2/c15-10-2-1-3-13(19)9(10)7-16-8-4-5-11-12(6-8)18-14(20)17-11/h1-6,16,19H,7H2,(H2,17,18,20). The minimum absolute atomic E-state index is 0.154. The third kappa shape index (κ3) is 2.35. The van der Waals surface area contributed by atoms with E-state index < -0.39 is 0 Å². The Morgan fingerprint density at radius 1 is 1.15 bits per heavy atom. The zero-order chi connectivity index (χ0) is 14.1. The summed E-state index contributed by atoms with van der Waals surface area (Å²) in [6.45, 7) is 0.395. The maximum Gasteiger partial charge on any atom is 0.323 e. The topological polar surface area (TPSA) is 80.9 Å². The predicted molar refractivity (Wildman–Crippen MR) is 79.4 cm³/mol. The number of imidazole rings is 1. The van der Waals surface area contributed by atoms with Gasteiger partial charge >= 0.3 is 5.69 Å². The van der Waals surface area contributed by atoms with Gasteiger partial charge in [0.25, 0.3) is 0 Å². The number of aromatic nitrogens is 2. The molecule has 102 valence electrons. The van der Waals surface area contributed by atoms with E-state index in [9.17, 15) is 9.90 Å². The molecule has 1 aromatic heterocycles. The molecule has 0 atom stereocenters. The van der Waals surface area contributed by atoms with Gasteiger partial charge in [-0.2, -0.15) is 0 Å². The lowest BCUT2D eigenvalue weighted by Gasteiger charge is -2.09. The van der Waals surface area contributed by atoms with Crippen LogP contribution in [-0.2, 0) is 6.54 Å². The molecule has 6 heteroatoms. The van der Waals surface area contributed by atoms with Crippen molar-refractivity contribution >= 4 is 28.3 Å². The van der Waals surface area contributed by atoms with Gasteiger partial charge in [-0.15, -0.1) is 0 Å². The molecule has 4 N–H and O–H groups in total. The van der Waals surface area contributed by atoms with Crippen LogP contribution in [0.15, 0.2) is 41.2 Å². The molecule has 0 bridgehead atoms. The van der Waals surface area contributed by atoms with Crippen LogP contribution in [0.1, 0.15) is 5.56 Å². The van der Waals surface area contributed by atoms with Crippen molar-refractivity contribution < 1.29 is 5.11 Å². The number of phenolic OH excluding ortho intramolecular Hbond substituents is 1. The van der Waals surface area contributed by atoms with Crippen LogP contribution in [0.2, 0.25) is 5.02 Å². The van der Waals surface area contributed by atoms with Crippen molar-refractivity contribution in [1.82, 2.24) is 9.97 Å². The number of hydrogen-bond donors (Lipinski definition) is 4. The van der Waals surface area contributed by atoms with E-state index in [1.54, 1.807) is 18.2 Å². The van der Waals surface area contributed by atoms with E-state index in [1.807, 2.05) is 18.2 Å². The van der Waals surface area contributed by atoms with E-state index in [2.05, 4.69) is 15.3 Å². The number of anilines is 1. The van der Waals surface area contributed by atoms with Gasteiger partial charge in [0.1, 0.15) is 5.75 Å². The summed E-state index contributed by atoms with van der Waals surface area (Å²) in [6, 6.07) is 10.5. The smallest absolute Gasteiger partial charge is 0.323 e. The zero-order valence-corrected chi connectivity index (χ0v) is 11.2. The Labute approximate surface area is 119 Å². The molecule has 0 spiro atoms. The van der Waals surface area contributed by atoms with Crippen molar-refractivity contribution in [2.75, 3.05) is 5.32 Å². The third-order valence-corrected chi connectivity index (χ3v) is 3.43. The van der Waals surface area contributed by atoms with Crippen molar-refractivity contribution in [3.63, 3.8) is 0 Å². The van der Waals surface area contributed by atoms with Crippen LogP contribution in [0.5, 0.6) is 5.75 Å². The first-order chi connectivity index (χ1) is 9.63. The number of benzene rings is 2. The number of H-pyrrole nitrogens is 2. The van der Waals surface area contributed by atoms with E-state index in [-0.39, 0.29) is 11.4 Å². The number of aromatic hydroxyl groups is 1. The van der Waals surface area contributed by atoms with E-state index in [0.29, 0.717) is 17.1 Å². The minimum atomic E-state index is -0.235. The van der Waals surface area contributed by atoms with Crippen LogP contribution in [0, 0.1) is 0 Å². The molecule has 0 radical (unpaired) electrons. The summed E-state index contributed by atoms with van der Waals surface area (Å²) in [5.41, 5.74) is 2.70. The highest BCUT2D eigenvalue weighted by molar-refractivity contribution is 6.31. The SMILES string of the molecule is O=c1[nH]c2ccc(NCc3c(O)cccc3Cl)cc2[nH]1. The molecular formula is C14H12ClN3O2. The third-order valence-electron chi connectivity index (χ3n) is 3.08. The Hall–Kier alpha value is -2.40. The van der Waals surface area contributed by atoms with Crippen LogP contribution in [0.3, 0.4) is 0 Å². The molecule has 5 nitrogen and oxygen atoms in total. The van der Waals surface area contributed by atoms with Gasteiger partial charge in [0.15, 0.2) is 0 Å². The first-order valence-corrected chi connectivity index (χ1v) is 6.43. The second-order valence-electron chi connectivity index (χ2n) is 4.43. The van der Waals surface area contributed by atoms with Crippen LogP contribution in [0.4, 0.5) is 5.69 Å². The fraction of sp³-hybridized carbons (Fsp3) is 0.0714. The lowest BCUT2D eigenvalue weighted by Crippen LogP contribution is -2.00. The molecule has 0 saturated carbocycles. The Bertz CT molecular complexity index is 802. The molecule has 0 aliphatic carbocycles. The molecule has 2 aromatic carbocycles. The van der Waals surface area contributed by atoms with Crippen LogP contribution in [0.25, 0.3) is 11.0 Å². The summed E-state index contributed by atoms with van der Waals surface area (Å²) in [5, 5.41) is 13.4. The number of halogens is 1. The molecule has 3 aromatic rings. The summed E-state index contributed by atoms with van der Waals surface area (Å²) in [7, 11) is 0. The maximum atomic E-state index is 11.2. The molecule has 20 heavy (non-hydrogen) atoms. The maximum absolute atomic E-state index is 11.2. The highest BCUT2D eigenvalue weighted by atomic mass is 35.5. The Kier molecular flexibility index (Phi) is 3.12. The fourth-order valence-corrected chi connectivity index (χ4v) is 2.29. The molecule has 0 aliphatic heterocycles. The molecule has 0 saturated heterocycles. The van der Waals surface area contributed by atoms with Gasteiger partial charge in [-0.25, -0.2) is 4.79 Å². The van der Waals surface area contributed by atoms with Gasteiger partial charge in [0.05, 0.1) is 11.0 Å². The van der Waals surface area contributed by atoms with Crippen molar-refractivity contribution in [2.45, 2.75) is 6.54 Å². The predicted octanol–water partition coefficient (Wildman–Crippen LogP) is 2.83. The first kappa shape index (κ1) is 12.6. The Morgan fingerprint density at radius 3 is 2.75 bits per heavy atom. The van der Waals surface area contributed by atoms with E-state index in [0.717, 1.165) is 16.7 Å². The van der Waals surface area contributed by atoms with E-state index in [1.165, 1.54) is 0 Å². The number of fused-ring (bicyclic) bond motifs is 1. The highest BCUT2D eigenvalue weighted by Crippen LogP contribution is 2.26. The van der Waals surface area contributed by atoms with Crippen molar-refractivity contribution in [3.8, 4) is 5.75 Å². The van der Waals surface area contributed by atoms with E-state index >= 15 is 0 Å². The first-order valence-electron chi connectivity index (χ1n) is 6.06. The van der Waals surface area contributed by atoms with Gasteiger partial charge in [-0.3, -0.25) is 0 Å². The van der Waals surface area contributed by atoms with Crippen molar-refractivity contribution in [2.24, 2.45) is 0 Å². The molecule has 1 heterocycles. The van der Waals surface area contributed by atoms with Crippen LogP contribution in [-0.4, -0.2) is 15.1 Å². The summed E-state index contributed by atoms with van der Waals surface area (Å²) in [6.07, 6.45) is 0. The van der Waals surface area contributed by atoms with Crippen LogP contribution < -0.4 is 11.0 Å². The average Bonchev–Trinajstić information content (AvgIpc) is 2.77. The van der Waals surface area contributed by atoms with Gasteiger partial charge < -0.3 is 20.4 Å². The molecule has 3 rings (SSSR count). The monoisotopic (exact) mass is 289 g/mol. The van der Waals surface area contributed by atoms with E-state index in [4.69, 9.17) is 11.6 Å².